The molecule has 1 aromatic carbocycles. The minimum absolute atomic E-state index is 0.0328. The Morgan fingerprint density at radius 3 is 2.81 bits per heavy atom. The molecule has 3 heterocycles. The lowest BCUT2D eigenvalue weighted by Gasteiger charge is -2.35. The Morgan fingerprint density at radius 2 is 2.11 bits per heavy atom. The van der Waals surface area contributed by atoms with Gasteiger partial charge in [0.05, 0.1) is 48.4 Å². The molecule has 9 heteroatoms. The third-order valence-corrected chi connectivity index (χ3v) is 7.23. The lowest BCUT2D eigenvalue weighted by atomic mass is 9.83. The summed E-state index contributed by atoms with van der Waals surface area (Å²) in [7, 11) is 1.58. The van der Waals surface area contributed by atoms with Gasteiger partial charge in [0.25, 0.3) is 0 Å². The van der Waals surface area contributed by atoms with Crippen molar-refractivity contribution in [3.8, 4) is 5.75 Å². The lowest BCUT2D eigenvalue weighted by molar-refractivity contribution is -0.142. The van der Waals surface area contributed by atoms with Crippen molar-refractivity contribution in [2.45, 2.75) is 45.8 Å². The minimum Gasteiger partial charge on any atom is -0.496 e. The maximum atomic E-state index is 13.5. The molecule has 4 rings (SSSR count). The first-order valence-electron chi connectivity index (χ1n) is 12.0. The zero-order valence-corrected chi connectivity index (χ0v) is 21.7. The Kier molecular flexibility index (Phi) is 8.32. The van der Waals surface area contributed by atoms with Crippen LogP contribution in [0.4, 0.5) is 0 Å². The van der Waals surface area contributed by atoms with Crippen molar-refractivity contribution in [1.29, 1.82) is 0 Å². The fourth-order valence-electron chi connectivity index (χ4n) is 4.54. The van der Waals surface area contributed by atoms with Crippen LogP contribution in [0.1, 0.15) is 43.1 Å². The van der Waals surface area contributed by atoms with Crippen LogP contribution in [-0.4, -0.2) is 51.9 Å². The second-order valence-corrected chi connectivity index (χ2v) is 9.45. The topological polar surface area (TPSA) is 90.9 Å². The highest BCUT2D eigenvalue weighted by Gasteiger charge is 2.38. The van der Waals surface area contributed by atoms with Gasteiger partial charge in [-0.25, -0.2) is 4.79 Å². The normalized spacial score (nSPS) is 20.3. The summed E-state index contributed by atoms with van der Waals surface area (Å²) in [6.45, 7) is 9.04. The van der Waals surface area contributed by atoms with E-state index >= 15 is 0 Å². The first kappa shape index (κ1) is 25.8. The Bertz CT molecular complexity index is 1200. The van der Waals surface area contributed by atoms with E-state index in [0.29, 0.717) is 35.7 Å². The van der Waals surface area contributed by atoms with Gasteiger partial charge in [0.1, 0.15) is 12.4 Å². The van der Waals surface area contributed by atoms with Crippen LogP contribution in [0, 0.1) is 12.8 Å². The number of carbonyl (C=O) groups excluding carboxylic acids is 2. The minimum atomic E-state index is -0.508. The van der Waals surface area contributed by atoms with E-state index in [4.69, 9.17) is 14.2 Å². The van der Waals surface area contributed by atoms with Crippen molar-refractivity contribution in [2.24, 2.45) is 5.92 Å². The van der Waals surface area contributed by atoms with Crippen LogP contribution in [0.15, 0.2) is 53.8 Å². The molecule has 1 amide bonds. The fraction of sp³-hybridized carbons (Fsp3) is 0.407. The zero-order valence-electron chi connectivity index (χ0n) is 20.9. The average Bonchev–Trinajstić information content (AvgIpc) is 3.54. The van der Waals surface area contributed by atoms with Crippen molar-refractivity contribution in [1.82, 2.24) is 13.6 Å². The van der Waals surface area contributed by atoms with E-state index in [1.54, 1.807) is 25.0 Å². The van der Waals surface area contributed by atoms with E-state index in [1.807, 2.05) is 37.3 Å². The predicted molar refractivity (Wildman–Crippen MR) is 137 cm³/mol. The van der Waals surface area contributed by atoms with Crippen molar-refractivity contribution in [2.75, 3.05) is 20.3 Å². The number of aryl methyl sites for hydroxylation is 1. The van der Waals surface area contributed by atoms with Crippen LogP contribution in [0.3, 0.4) is 0 Å². The highest BCUT2D eigenvalue weighted by molar-refractivity contribution is 6.99. The van der Waals surface area contributed by atoms with Crippen molar-refractivity contribution in [3.63, 3.8) is 0 Å². The molecule has 1 fully saturated rings. The molecule has 2 aromatic rings. The fourth-order valence-corrected chi connectivity index (χ4v) is 5.08. The van der Waals surface area contributed by atoms with E-state index in [1.165, 1.54) is 0 Å². The quantitative estimate of drug-likeness (QED) is 0.364. The van der Waals surface area contributed by atoms with E-state index in [2.05, 4.69) is 15.3 Å². The molecule has 2 atom stereocenters. The number of hydrogen-bond acceptors (Lipinski definition) is 8. The molecule has 0 unspecified atom stereocenters. The van der Waals surface area contributed by atoms with Crippen LogP contribution in [0.2, 0.25) is 0 Å². The number of aromatic nitrogens is 2. The van der Waals surface area contributed by atoms with Gasteiger partial charge in [-0.1, -0.05) is 30.9 Å². The summed E-state index contributed by atoms with van der Waals surface area (Å²) < 4.78 is 25.3. The van der Waals surface area contributed by atoms with Crippen LogP contribution in [-0.2, 0) is 25.7 Å². The lowest BCUT2D eigenvalue weighted by Crippen LogP contribution is -2.43. The molecule has 1 saturated heterocycles. The number of hydrogen-bond donors (Lipinski definition) is 0. The van der Waals surface area contributed by atoms with Crippen molar-refractivity contribution >= 4 is 29.7 Å². The molecule has 0 bridgehead atoms. The van der Waals surface area contributed by atoms with E-state index < -0.39 is 11.9 Å². The van der Waals surface area contributed by atoms with Gasteiger partial charge in [0, 0.05) is 30.2 Å². The number of benzene rings is 1. The molecule has 2 aliphatic rings. The highest BCUT2D eigenvalue weighted by atomic mass is 32.1. The number of carbonyl (C=O) groups is 2. The highest BCUT2D eigenvalue weighted by Crippen LogP contribution is 2.36. The molecule has 190 valence electrons. The summed E-state index contributed by atoms with van der Waals surface area (Å²) in [5.41, 5.74) is 3.97. The number of methoxy groups -OCH3 is 1. The molecule has 8 nitrogen and oxygen atoms in total. The molecular weight excluding hydrogens is 478 g/mol. The van der Waals surface area contributed by atoms with E-state index in [9.17, 15) is 9.59 Å². The van der Waals surface area contributed by atoms with Crippen LogP contribution in [0.25, 0.3) is 6.08 Å². The summed E-state index contributed by atoms with van der Waals surface area (Å²) in [5, 5.41) is 0. The number of rotatable bonds is 9. The Morgan fingerprint density at radius 1 is 1.31 bits per heavy atom. The Balaban J connectivity index is 1.61. The summed E-state index contributed by atoms with van der Waals surface area (Å²) in [6.07, 6.45) is 5.58. The maximum Gasteiger partial charge on any atom is 0.336 e. The van der Waals surface area contributed by atoms with Crippen LogP contribution < -0.4 is 4.74 Å². The summed E-state index contributed by atoms with van der Waals surface area (Å²) >= 11 is 1.14. The molecule has 0 radical (unpaired) electrons. The van der Waals surface area contributed by atoms with Gasteiger partial charge in [0.15, 0.2) is 0 Å². The maximum absolute atomic E-state index is 13.5. The van der Waals surface area contributed by atoms with Gasteiger partial charge >= 0.3 is 5.97 Å². The monoisotopic (exact) mass is 509 g/mol. The van der Waals surface area contributed by atoms with Gasteiger partial charge in [-0.05, 0) is 44.4 Å². The van der Waals surface area contributed by atoms with Crippen molar-refractivity contribution in [3.05, 3.63) is 70.7 Å². The van der Waals surface area contributed by atoms with Crippen molar-refractivity contribution < 1.29 is 23.8 Å². The molecule has 0 saturated carbocycles. The van der Waals surface area contributed by atoms with Gasteiger partial charge in [-0.3, -0.25) is 4.79 Å². The molecule has 0 aliphatic carbocycles. The molecule has 2 aliphatic heterocycles. The predicted octanol–water partition coefficient (Wildman–Crippen LogP) is 4.47. The molecule has 0 spiro atoms. The third-order valence-electron chi connectivity index (χ3n) is 6.59. The van der Waals surface area contributed by atoms with Gasteiger partial charge in [0.2, 0.25) is 5.91 Å². The van der Waals surface area contributed by atoms with E-state index in [-0.39, 0.29) is 25.0 Å². The second kappa shape index (κ2) is 11.6. The van der Waals surface area contributed by atoms with Crippen LogP contribution in [0.5, 0.6) is 5.75 Å². The number of amides is 1. The zero-order chi connectivity index (χ0) is 25.7. The van der Waals surface area contributed by atoms with Crippen LogP contribution >= 0.6 is 11.7 Å². The van der Waals surface area contributed by atoms with E-state index in [0.717, 1.165) is 41.5 Å². The molecular formula is C27H31N3O5S. The number of allylic oxidation sites excluding steroid dienone is 3. The molecule has 0 N–H and O–H groups in total. The molecule has 1 aromatic heterocycles. The first-order valence-corrected chi connectivity index (χ1v) is 12.7. The largest absolute Gasteiger partial charge is 0.496 e. The summed E-state index contributed by atoms with van der Waals surface area (Å²) in [6, 6.07) is 7.40. The standard InChI is InChI=1S/C27H31N3O5S/c1-17(11-12-23-18(2)28-36-29-23)22-14-25(31)30(15-21-9-7-13-34-21)19(3)26(22)27(32)35-16-20-8-5-6-10-24(20)33-4/h5-6,8,10-12,21-22H,1,7,9,13-16H2,2-4H3/b12-11-/t21-,22+/m1/s1. The number of esters is 1. The third kappa shape index (κ3) is 5.74. The SMILES string of the molecule is C=C(/C=C\c1nsnc1C)[C@@H]1CC(=O)N(C[C@H]2CCCO2)C(C)=C1C(=O)OCc1ccccc1OC. The average molecular weight is 510 g/mol. The molecule has 36 heavy (non-hydrogen) atoms. The smallest absolute Gasteiger partial charge is 0.336 e. The Labute approximate surface area is 215 Å². The van der Waals surface area contributed by atoms with Gasteiger partial charge in [-0.2, -0.15) is 8.75 Å². The second-order valence-electron chi connectivity index (χ2n) is 8.93. The summed E-state index contributed by atoms with van der Waals surface area (Å²) in [4.78, 5) is 28.4. The first-order chi connectivity index (χ1) is 17.4. The number of nitrogens with zero attached hydrogens (tertiary/aromatic N) is 3. The Hall–Kier alpha value is -3.30. The van der Waals surface area contributed by atoms with Gasteiger partial charge < -0.3 is 19.1 Å². The number of para-hydroxylation sites is 1. The summed E-state index contributed by atoms with van der Waals surface area (Å²) in [5.74, 6) is -0.401. The number of ether oxygens (including phenoxy) is 3. The van der Waals surface area contributed by atoms with Gasteiger partial charge in [-0.15, -0.1) is 0 Å².